The second-order valence-corrected chi connectivity index (χ2v) is 10.4. The molecule has 0 atom stereocenters. The first-order chi connectivity index (χ1) is 16.8. The van der Waals surface area contributed by atoms with Gasteiger partial charge in [0.1, 0.15) is 12.2 Å². The summed E-state index contributed by atoms with van der Waals surface area (Å²) in [6.07, 6.45) is 1.47. The van der Waals surface area contributed by atoms with Gasteiger partial charge in [0, 0.05) is 11.9 Å². The number of carbonyl (C=O) groups excluding carboxylic acids is 1. The summed E-state index contributed by atoms with van der Waals surface area (Å²) < 4.78 is 31.1. The lowest BCUT2D eigenvalue weighted by Gasteiger charge is -2.22. The van der Waals surface area contributed by atoms with E-state index in [9.17, 15) is 18.0 Å². The third-order valence-corrected chi connectivity index (χ3v) is 7.88. The van der Waals surface area contributed by atoms with Gasteiger partial charge in [-0.05, 0) is 42.6 Å². The molecule has 0 fully saturated rings. The Hall–Kier alpha value is -3.96. The summed E-state index contributed by atoms with van der Waals surface area (Å²) in [4.78, 5) is 27.1. The molecule has 35 heavy (non-hydrogen) atoms. The molecule has 0 aliphatic rings. The lowest BCUT2D eigenvalue weighted by Crippen LogP contribution is -2.42. The van der Waals surface area contributed by atoms with Gasteiger partial charge in [-0.3, -0.25) is 14.3 Å². The molecule has 11 heteroatoms. The Kier molecular flexibility index (Phi) is 6.99. The quantitative estimate of drug-likeness (QED) is 0.291. The number of aromatic nitrogens is 2. The van der Waals surface area contributed by atoms with E-state index in [-0.39, 0.29) is 10.6 Å². The van der Waals surface area contributed by atoms with E-state index >= 15 is 0 Å². The maximum Gasteiger partial charge on any atom is 0.296 e. The monoisotopic (exact) mass is 509 g/mol. The number of anilines is 1. The number of hydrazone groups is 1. The zero-order valence-corrected chi connectivity index (χ0v) is 20.7. The number of thiophene rings is 1. The summed E-state index contributed by atoms with van der Waals surface area (Å²) in [6.45, 7) is 1.00. The van der Waals surface area contributed by atoms with Crippen LogP contribution in [0.25, 0.3) is 5.69 Å². The van der Waals surface area contributed by atoms with Crippen molar-refractivity contribution in [3.8, 4) is 5.69 Å². The fraction of sp³-hybridized carbons (Fsp3) is 0.125. The molecular formula is C24H23N5O4S2. The number of amides is 1. The van der Waals surface area contributed by atoms with E-state index in [0.717, 1.165) is 9.18 Å². The molecule has 0 aliphatic heterocycles. The van der Waals surface area contributed by atoms with Crippen LogP contribution in [0.15, 0.2) is 93.0 Å². The van der Waals surface area contributed by atoms with Crippen LogP contribution in [0, 0.1) is 6.92 Å². The number of sulfonamides is 1. The Morgan fingerprint density at radius 2 is 1.71 bits per heavy atom. The van der Waals surface area contributed by atoms with E-state index in [4.69, 9.17) is 0 Å². The van der Waals surface area contributed by atoms with Crippen molar-refractivity contribution in [2.24, 2.45) is 12.1 Å². The minimum Gasteiger partial charge on any atom is -0.283 e. The van der Waals surface area contributed by atoms with Gasteiger partial charge in [-0.2, -0.15) is 5.10 Å². The van der Waals surface area contributed by atoms with Crippen LogP contribution in [0.2, 0.25) is 0 Å². The number of hydrogen-bond donors (Lipinski definition) is 1. The van der Waals surface area contributed by atoms with Gasteiger partial charge in [-0.1, -0.05) is 42.5 Å². The Bertz CT molecular complexity index is 1510. The maximum atomic E-state index is 13.6. The highest BCUT2D eigenvalue weighted by Crippen LogP contribution is 2.25. The largest absolute Gasteiger partial charge is 0.296 e. The van der Waals surface area contributed by atoms with Crippen LogP contribution in [0.1, 0.15) is 10.6 Å². The SMILES string of the molecule is Cc1c(N(CC(=O)N/N=C\c2cccs2)S(=O)(=O)c2ccccc2)c(=O)n(-c2ccccc2)n1C. The summed E-state index contributed by atoms with van der Waals surface area (Å²) in [6, 6.07) is 20.2. The third kappa shape index (κ3) is 4.96. The molecule has 0 unspecified atom stereocenters. The van der Waals surface area contributed by atoms with Crippen LogP contribution >= 0.6 is 11.3 Å². The Balaban J connectivity index is 1.77. The summed E-state index contributed by atoms with van der Waals surface area (Å²) in [5, 5.41) is 5.77. The van der Waals surface area contributed by atoms with Crippen LogP contribution in [0.5, 0.6) is 0 Å². The molecule has 0 spiro atoms. The molecule has 0 aliphatic carbocycles. The lowest BCUT2D eigenvalue weighted by molar-refractivity contribution is -0.119. The minimum absolute atomic E-state index is 0.0381. The normalized spacial score (nSPS) is 11.6. The molecule has 1 N–H and O–H groups in total. The summed E-state index contributed by atoms with van der Waals surface area (Å²) >= 11 is 1.44. The summed E-state index contributed by atoms with van der Waals surface area (Å²) in [5.74, 6) is -0.689. The maximum absolute atomic E-state index is 13.6. The molecule has 0 bridgehead atoms. The zero-order chi connectivity index (χ0) is 25.0. The third-order valence-electron chi connectivity index (χ3n) is 5.32. The van der Waals surface area contributed by atoms with Crippen molar-refractivity contribution in [2.45, 2.75) is 11.8 Å². The molecule has 0 saturated carbocycles. The molecular weight excluding hydrogens is 486 g/mol. The Labute approximate surface area is 206 Å². The highest BCUT2D eigenvalue weighted by molar-refractivity contribution is 7.92. The summed E-state index contributed by atoms with van der Waals surface area (Å²) in [7, 11) is -2.59. The van der Waals surface area contributed by atoms with E-state index in [0.29, 0.717) is 11.4 Å². The molecule has 0 saturated heterocycles. The van der Waals surface area contributed by atoms with Gasteiger partial charge >= 0.3 is 0 Å². The Morgan fingerprint density at radius 3 is 2.34 bits per heavy atom. The van der Waals surface area contributed by atoms with Gasteiger partial charge < -0.3 is 0 Å². The highest BCUT2D eigenvalue weighted by Gasteiger charge is 2.33. The number of rotatable bonds is 8. The number of para-hydroxylation sites is 1. The van der Waals surface area contributed by atoms with E-state index in [2.05, 4.69) is 10.5 Å². The van der Waals surface area contributed by atoms with Crippen molar-refractivity contribution < 1.29 is 13.2 Å². The predicted octanol–water partition coefficient (Wildman–Crippen LogP) is 2.89. The van der Waals surface area contributed by atoms with E-state index in [1.54, 1.807) is 61.1 Å². The molecule has 180 valence electrons. The van der Waals surface area contributed by atoms with E-state index < -0.39 is 28.0 Å². The second-order valence-electron chi connectivity index (χ2n) is 7.54. The van der Waals surface area contributed by atoms with Crippen LogP contribution in [0.3, 0.4) is 0 Å². The van der Waals surface area contributed by atoms with Crippen molar-refractivity contribution in [3.63, 3.8) is 0 Å². The number of carbonyl (C=O) groups is 1. The second kappa shape index (κ2) is 10.1. The standard InChI is InChI=1S/C24H23N5O4S2/c1-18-23(24(31)29(27(18)2)19-10-5-3-6-11-19)28(35(32,33)21-13-7-4-8-14-21)17-22(30)26-25-16-20-12-9-15-34-20/h3-16H,17H2,1-2H3,(H,26,30)/b25-16-. The number of nitrogens with zero attached hydrogens (tertiary/aromatic N) is 4. The molecule has 9 nitrogen and oxygen atoms in total. The van der Waals surface area contributed by atoms with E-state index in [1.807, 2.05) is 23.6 Å². The van der Waals surface area contributed by atoms with Gasteiger partial charge in [0.2, 0.25) is 0 Å². The molecule has 0 radical (unpaired) electrons. The zero-order valence-electron chi connectivity index (χ0n) is 19.0. The molecule has 1 amide bonds. The van der Waals surface area contributed by atoms with Crippen molar-refractivity contribution in [1.29, 1.82) is 0 Å². The minimum atomic E-state index is -4.25. The van der Waals surface area contributed by atoms with Gasteiger partial charge in [0.25, 0.3) is 21.5 Å². The fourth-order valence-corrected chi connectivity index (χ4v) is 5.62. The van der Waals surface area contributed by atoms with Crippen LogP contribution in [-0.2, 0) is 21.9 Å². The average Bonchev–Trinajstić information content (AvgIpc) is 3.45. The molecule has 2 aromatic heterocycles. The summed E-state index contributed by atoms with van der Waals surface area (Å²) in [5.41, 5.74) is 2.62. The number of nitrogens with one attached hydrogen (secondary N) is 1. The fourth-order valence-electron chi connectivity index (χ4n) is 3.54. The molecule has 4 rings (SSSR count). The van der Waals surface area contributed by atoms with Crippen molar-refractivity contribution >= 4 is 39.2 Å². The molecule has 2 aromatic carbocycles. The van der Waals surface area contributed by atoms with Gasteiger partial charge in [-0.25, -0.2) is 22.8 Å². The Morgan fingerprint density at radius 1 is 1.06 bits per heavy atom. The average molecular weight is 510 g/mol. The number of hydrogen-bond acceptors (Lipinski definition) is 6. The van der Waals surface area contributed by atoms with Gasteiger partial charge in [0.05, 0.1) is 22.5 Å². The first-order valence-electron chi connectivity index (χ1n) is 10.6. The predicted molar refractivity (Wildman–Crippen MR) is 137 cm³/mol. The van der Waals surface area contributed by atoms with E-state index in [1.165, 1.54) is 34.4 Å². The van der Waals surface area contributed by atoms with Gasteiger partial charge in [-0.15, -0.1) is 11.3 Å². The highest BCUT2D eigenvalue weighted by atomic mass is 32.2. The van der Waals surface area contributed by atoms with Crippen molar-refractivity contribution in [2.75, 3.05) is 10.8 Å². The van der Waals surface area contributed by atoms with Crippen molar-refractivity contribution in [1.82, 2.24) is 14.8 Å². The van der Waals surface area contributed by atoms with Crippen LogP contribution in [-0.4, -0.2) is 36.4 Å². The first kappa shape index (κ1) is 24.2. The first-order valence-corrected chi connectivity index (χ1v) is 12.9. The van der Waals surface area contributed by atoms with Crippen LogP contribution < -0.4 is 15.3 Å². The van der Waals surface area contributed by atoms with Crippen molar-refractivity contribution in [3.05, 3.63) is 99.1 Å². The smallest absolute Gasteiger partial charge is 0.283 e. The number of benzene rings is 2. The van der Waals surface area contributed by atoms with Crippen LogP contribution in [0.4, 0.5) is 5.69 Å². The molecule has 4 aromatic rings. The lowest BCUT2D eigenvalue weighted by atomic mass is 10.3. The molecule has 2 heterocycles. The van der Waals surface area contributed by atoms with Gasteiger partial charge in [0.15, 0.2) is 0 Å². The topological polar surface area (TPSA) is 106 Å².